The molecular weight excluding hydrogens is 270 g/mol. The molecule has 0 saturated carbocycles. The highest BCUT2D eigenvalue weighted by Crippen LogP contribution is 2.47. The Morgan fingerprint density at radius 3 is 2.67 bits per heavy atom. The number of likely N-dealkylation sites (N-methyl/N-ethyl adjacent to an activating group) is 1. The third-order valence-electron chi connectivity index (χ3n) is 5.72. The molecule has 5 nitrogen and oxygen atoms in total. The summed E-state index contributed by atoms with van der Waals surface area (Å²) in [5.41, 5.74) is -2.44. The number of hydrogen-bond donors (Lipinski definition) is 3. The zero-order chi connectivity index (χ0) is 15.8. The van der Waals surface area contributed by atoms with E-state index in [9.17, 15) is 15.0 Å². The normalized spacial score (nSPS) is 41.6. The lowest BCUT2D eigenvalue weighted by Crippen LogP contribution is -2.64. The molecule has 0 radical (unpaired) electrons. The van der Waals surface area contributed by atoms with Gasteiger partial charge in [-0.3, -0.25) is 4.79 Å². The molecule has 0 aromatic rings. The average molecular weight is 297 g/mol. The minimum atomic E-state index is -1.38. The molecule has 5 heteroatoms. The number of rotatable bonds is 4. The molecule has 5 atom stereocenters. The van der Waals surface area contributed by atoms with Crippen molar-refractivity contribution in [2.75, 3.05) is 13.7 Å². The van der Waals surface area contributed by atoms with E-state index in [0.717, 1.165) is 19.3 Å². The Morgan fingerprint density at radius 1 is 1.48 bits per heavy atom. The van der Waals surface area contributed by atoms with E-state index in [4.69, 9.17) is 5.11 Å². The van der Waals surface area contributed by atoms with Crippen LogP contribution in [-0.2, 0) is 4.79 Å². The number of aliphatic hydroxyl groups is 3. The summed E-state index contributed by atoms with van der Waals surface area (Å²) >= 11 is 0. The van der Waals surface area contributed by atoms with Gasteiger partial charge in [0.15, 0.2) is 0 Å². The van der Waals surface area contributed by atoms with Gasteiger partial charge in [0.1, 0.15) is 0 Å². The Balaban J connectivity index is 2.36. The van der Waals surface area contributed by atoms with E-state index in [1.165, 1.54) is 4.90 Å². The molecule has 0 aromatic carbocycles. The number of carbonyl (C=O) groups is 1. The molecule has 120 valence electrons. The van der Waals surface area contributed by atoms with Crippen molar-refractivity contribution in [3.63, 3.8) is 0 Å². The first-order chi connectivity index (χ1) is 9.78. The molecule has 1 aliphatic carbocycles. The van der Waals surface area contributed by atoms with E-state index in [-0.39, 0.29) is 24.9 Å². The second-order valence-electron chi connectivity index (χ2n) is 6.72. The first-order valence-electron chi connectivity index (χ1n) is 7.74. The topological polar surface area (TPSA) is 81.0 Å². The van der Waals surface area contributed by atoms with Gasteiger partial charge in [-0.25, -0.2) is 0 Å². The Kier molecular flexibility index (Phi) is 4.47. The summed E-state index contributed by atoms with van der Waals surface area (Å²) in [7, 11) is 1.63. The lowest BCUT2D eigenvalue weighted by Gasteiger charge is -2.47. The number of amides is 1. The van der Waals surface area contributed by atoms with Crippen molar-refractivity contribution in [3.05, 3.63) is 12.2 Å². The maximum atomic E-state index is 12.4. The summed E-state index contributed by atoms with van der Waals surface area (Å²) in [6, 6.07) is 0. The Morgan fingerprint density at radius 2 is 2.14 bits per heavy atom. The summed E-state index contributed by atoms with van der Waals surface area (Å²) in [5, 5.41) is 31.0. The average Bonchev–Trinajstić information content (AvgIpc) is 2.61. The van der Waals surface area contributed by atoms with Gasteiger partial charge in [0, 0.05) is 19.6 Å². The summed E-state index contributed by atoms with van der Waals surface area (Å²) < 4.78 is 0. The molecule has 21 heavy (non-hydrogen) atoms. The molecule has 1 unspecified atom stereocenters. The first-order valence-corrected chi connectivity index (χ1v) is 7.74. The molecule has 1 aliphatic heterocycles. The van der Waals surface area contributed by atoms with Crippen molar-refractivity contribution in [1.82, 2.24) is 4.90 Å². The highest BCUT2D eigenvalue weighted by molar-refractivity contribution is 5.84. The number of nitrogens with zero attached hydrogens (tertiary/aromatic N) is 1. The second-order valence-corrected chi connectivity index (χ2v) is 6.72. The number of likely N-dealkylation sites (tertiary alicyclic amines) is 1. The monoisotopic (exact) mass is 297 g/mol. The predicted octanol–water partition coefficient (Wildman–Crippen LogP) is 0.684. The summed E-state index contributed by atoms with van der Waals surface area (Å²) in [4.78, 5) is 13.9. The van der Waals surface area contributed by atoms with Crippen LogP contribution in [0.3, 0.4) is 0 Å². The molecule has 0 bridgehead atoms. The minimum absolute atomic E-state index is 0.0571. The summed E-state index contributed by atoms with van der Waals surface area (Å²) in [5.74, 6) is -0.950. The Bertz CT molecular complexity index is 434. The van der Waals surface area contributed by atoms with Crippen LogP contribution in [-0.4, -0.2) is 57.0 Å². The molecule has 2 aliphatic rings. The standard InChI is InChI=1S/C16H27NO4/c1-15(13(19)11-7-5-4-6-8-11)16(2,21)12(9-10-18)14(20)17(15)3/h5,7,11-13,18-19,21H,4,6,8-10H2,1-3H3/t11-,12+,13?,15-,16+/m1/s1. The van der Waals surface area contributed by atoms with Crippen LogP contribution >= 0.6 is 0 Å². The number of hydrogen-bond acceptors (Lipinski definition) is 4. The van der Waals surface area contributed by atoms with Gasteiger partial charge < -0.3 is 20.2 Å². The Labute approximate surface area is 126 Å². The molecule has 1 amide bonds. The van der Waals surface area contributed by atoms with Crippen LogP contribution in [0.15, 0.2) is 12.2 Å². The van der Waals surface area contributed by atoms with Gasteiger partial charge in [-0.05, 0) is 39.5 Å². The van der Waals surface area contributed by atoms with Crippen LogP contribution in [0.4, 0.5) is 0 Å². The Hall–Kier alpha value is -0.910. The molecule has 1 fully saturated rings. The number of allylic oxidation sites excluding steroid dienone is 1. The van der Waals surface area contributed by atoms with Crippen LogP contribution in [0.5, 0.6) is 0 Å². The van der Waals surface area contributed by atoms with Crippen molar-refractivity contribution in [2.45, 2.75) is 56.8 Å². The minimum Gasteiger partial charge on any atom is -0.396 e. The van der Waals surface area contributed by atoms with Gasteiger partial charge in [0.05, 0.1) is 23.2 Å². The molecule has 0 aromatic heterocycles. The fraction of sp³-hybridized carbons (Fsp3) is 0.812. The maximum Gasteiger partial charge on any atom is 0.229 e. The number of carbonyl (C=O) groups excluding carboxylic acids is 1. The van der Waals surface area contributed by atoms with E-state index < -0.39 is 23.2 Å². The second kappa shape index (κ2) is 5.71. The van der Waals surface area contributed by atoms with E-state index >= 15 is 0 Å². The maximum absolute atomic E-state index is 12.4. The first kappa shape index (κ1) is 16.5. The highest BCUT2D eigenvalue weighted by Gasteiger charge is 2.65. The van der Waals surface area contributed by atoms with Crippen molar-refractivity contribution in [3.8, 4) is 0 Å². The lowest BCUT2D eigenvalue weighted by molar-refractivity contribution is -0.138. The fourth-order valence-corrected chi connectivity index (χ4v) is 3.95. The molecule has 1 saturated heterocycles. The smallest absolute Gasteiger partial charge is 0.229 e. The van der Waals surface area contributed by atoms with Gasteiger partial charge in [-0.15, -0.1) is 0 Å². The highest BCUT2D eigenvalue weighted by atomic mass is 16.3. The molecular formula is C16H27NO4. The van der Waals surface area contributed by atoms with Gasteiger partial charge in [-0.2, -0.15) is 0 Å². The van der Waals surface area contributed by atoms with Crippen LogP contribution < -0.4 is 0 Å². The van der Waals surface area contributed by atoms with Gasteiger partial charge in [0.2, 0.25) is 5.91 Å². The molecule has 0 spiro atoms. The third kappa shape index (κ3) is 2.31. The van der Waals surface area contributed by atoms with E-state index in [0.29, 0.717) is 0 Å². The van der Waals surface area contributed by atoms with Crippen molar-refractivity contribution in [2.24, 2.45) is 11.8 Å². The molecule has 2 rings (SSSR count). The zero-order valence-electron chi connectivity index (χ0n) is 13.1. The van der Waals surface area contributed by atoms with Crippen LogP contribution in [0.1, 0.15) is 39.5 Å². The third-order valence-corrected chi connectivity index (χ3v) is 5.72. The summed E-state index contributed by atoms with van der Waals surface area (Å²) in [6.07, 6.45) is 6.30. The van der Waals surface area contributed by atoms with Gasteiger partial charge in [0.25, 0.3) is 0 Å². The van der Waals surface area contributed by atoms with Crippen molar-refractivity contribution >= 4 is 5.91 Å². The van der Waals surface area contributed by atoms with E-state index in [2.05, 4.69) is 6.08 Å². The molecule has 1 heterocycles. The van der Waals surface area contributed by atoms with Crippen LogP contribution in [0.2, 0.25) is 0 Å². The van der Waals surface area contributed by atoms with Crippen LogP contribution in [0.25, 0.3) is 0 Å². The van der Waals surface area contributed by atoms with Gasteiger partial charge in [-0.1, -0.05) is 12.2 Å². The van der Waals surface area contributed by atoms with Crippen LogP contribution in [0, 0.1) is 11.8 Å². The van der Waals surface area contributed by atoms with Crippen molar-refractivity contribution in [1.29, 1.82) is 0 Å². The predicted molar refractivity (Wildman–Crippen MR) is 79.5 cm³/mol. The zero-order valence-corrected chi connectivity index (χ0v) is 13.1. The molecule has 3 N–H and O–H groups in total. The largest absolute Gasteiger partial charge is 0.396 e. The number of aliphatic hydroxyl groups excluding tert-OH is 2. The lowest BCUT2D eigenvalue weighted by atomic mass is 9.69. The van der Waals surface area contributed by atoms with Crippen molar-refractivity contribution < 1.29 is 20.1 Å². The summed E-state index contributed by atoms with van der Waals surface area (Å²) in [6.45, 7) is 3.19. The van der Waals surface area contributed by atoms with E-state index in [1.807, 2.05) is 6.08 Å². The van der Waals surface area contributed by atoms with E-state index in [1.54, 1.807) is 20.9 Å². The fourth-order valence-electron chi connectivity index (χ4n) is 3.95. The van der Waals surface area contributed by atoms with Gasteiger partial charge >= 0.3 is 0 Å². The quantitative estimate of drug-likeness (QED) is 0.667. The SMILES string of the molecule is CN1C(=O)[C@H](CCO)[C@](C)(O)[C@@]1(C)C(O)[C@@H]1C=CCCC1.